The Hall–Kier alpha value is -3.21. The average molecular weight is 421 g/mol. The third kappa shape index (κ3) is 4.45. The Labute approximate surface area is 177 Å². The number of hydrogen-bond acceptors (Lipinski definition) is 4. The van der Waals surface area contributed by atoms with Crippen LogP contribution >= 0.6 is 23.2 Å². The van der Waals surface area contributed by atoms with Crippen molar-refractivity contribution < 1.29 is 9.53 Å². The second-order valence-electron chi connectivity index (χ2n) is 6.21. The van der Waals surface area contributed by atoms with Gasteiger partial charge in [0.1, 0.15) is 0 Å². The average Bonchev–Trinajstić information content (AvgIpc) is 2.75. The first-order chi connectivity index (χ1) is 14.1. The second-order valence-corrected chi connectivity index (χ2v) is 7.06. The fourth-order valence-corrected chi connectivity index (χ4v) is 3.28. The van der Waals surface area contributed by atoms with E-state index in [1.807, 2.05) is 42.5 Å². The molecule has 0 aliphatic heterocycles. The van der Waals surface area contributed by atoms with Crippen LogP contribution in [-0.4, -0.2) is 16.2 Å². The first kappa shape index (κ1) is 19.1. The topological polar surface area (TPSA) is 52.1 Å². The zero-order valence-electron chi connectivity index (χ0n) is 15.0. The van der Waals surface area contributed by atoms with Crippen LogP contribution in [-0.2, 0) is 0 Å². The van der Waals surface area contributed by atoms with Crippen molar-refractivity contribution in [2.24, 2.45) is 0 Å². The lowest BCUT2D eigenvalue weighted by Gasteiger charge is -2.06. The molecule has 0 bridgehead atoms. The van der Waals surface area contributed by atoms with Crippen molar-refractivity contribution in [1.29, 1.82) is 0 Å². The van der Waals surface area contributed by atoms with Gasteiger partial charge in [0.2, 0.25) is 5.88 Å². The summed E-state index contributed by atoms with van der Waals surface area (Å²) in [5.41, 5.74) is 4.06. The lowest BCUT2D eigenvalue weighted by molar-refractivity contribution is 0.0726. The molecule has 0 saturated carbocycles. The molecule has 4 nitrogen and oxygen atoms in total. The van der Waals surface area contributed by atoms with Crippen LogP contribution < -0.4 is 4.74 Å². The number of hydrogen-bond donors (Lipinski definition) is 0. The summed E-state index contributed by atoms with van der Waals surface area (Å²) in [6.07, 6.45) is 0. The minimum atomic E-state index is -0.624. The largest absolute Gasteiger partial charge is 0.402 e. The van der Waals surface area contributed by atoms with Crippen molar-refractivity contribution in [2.75, 3.05) is 0 Å². The first-order valence-corrected chi connectivity index (χ1v) is 9.52. The van der Waals surface area contributed by atoms with Crippen molar-refractivity contribution in [3.63, 3.8) is 0 Å². The van der Waals surface area contributed by atoms with Crippen LogP contribution in [0.4, 0.5) is 0 Å². The van der Waals surface area contributed by atoms with Gasteiger partial charge in [-0.15, -0.1) is 10.2 Å². The Kier molecular flexibility index (Phi) is 5.56. The number of rotatable bonds is 4. The molecule has 1 heterocycles. The fraction of sp³-hybridized carbons (Fsp3) is 0. The van der Waals surface area contributed by atoms with Gasteiger partial charge in [-0.05, 0) is 35.4 Å². The van der Waals surface area contributed by atoms with E-state index in [1.165, 1.54) is 12.1 Å². The predicted octanol–water partition coefficient (Wildman–Crippen LogP) is 6.34. The second kappa shape index (κ2) is 8.43. The monoisotopic (exact) mass is 420 g/mol. The van der Waals surface area contributed by atoms with Gasteiger partial charge in [0.25, 0.3) is 0 Å². The molecule has 6 heteroatoms. The van der Waals surface area contributed by atoms with Crippen molar-refractivity contribution in [3.8, 4) is 28.3 Å². The molecule has 0 aliphatic carbocycles. The Morgan fingerprint density at radius 1 is 0.724 bits per heavy atom. The molecule has 0 saturated heterocycles. The summed E-state index contributed by atoms with van der Waals surface area (Å²) in [4.78, 5) is 12.3. The molecule has 0 spiro atoms. The standard InChI is InChI=1S/C23H14Cl2N2O2/c24-18-10-11-19(20(25)14-18)23(28)29-22-13-12-21(26-27-22)17-8-6-16(7-9-17)15-4-2-1-3-5-15/h1-14H. The SMILES string of the molecule is O=C(Oc1ccc(-c2ccc(-c3ccccc3)cc2)nn1)c1ccc(Cl)cc1Cl. The van der Waals surface area contributed by atoms with Gasteiger partial charge in [-0.3, -0.25) is 0 Å². The van der Waals surface area contributed by atoms with Gasteiger partial charge in [0.05, 0.1) is 16.3 Å². The van der Waals surface area contributed by atoms with Crippen molar-refractivity contribution in [1.82, 2.24) is 10.2 Å². The molecule has 0 fully saturated rings. The van der Waals surface area contributed by atoms with E-state index in [2.05, 4.69) is 22.3 Å². The summed E-state index contributed by atoms with van der Waals surface area (Å²) in [5, 5.41) is 8.79. The molecular weight excluding hydrogens is 407 g/mol. The highest BCUT2D eigenvalue weighted by Crippen LogP contribution is 2.25. The minimum absolute atomic E-state index is 0.0886. The summed E-state index contributed by atoms with van der Waals surface area (Å²) in [5.74, 6) is -0.536. The number of ether oxygens (including phenoxy) is 1. The summed E-state index contributed by atoms with van der Waals surface area (Å²) >= 11 is 11.9. The molecule has 0 atom stereocenters. The Bertz CT molecular complexity index is 1150. The number of nitrogens with zero attached hydrogens (tertiary/aromatic N) is 2. The van der Waals surface area contributed by atoms with Crippen LogP contribution in [0.15, 0.2) is 84.9 Å². The third-order valence-electron chi connectivity index (χ3n) is 4.28. The maximum Gasteiger partial charge on any atom is 0.346 e. The number of halogens is 2. The molecule has 0 radical (unpaired) electrons. The van der Waals surface area contributed by atoms with E-state index in [-0.39, 0.29) is 16.5 Å². The first-order valence-electron chi connectivity index (χ1n) is 8.77. The molecule has 4 rings (SSSR count). The van der Waals surface area contributed by atoms with Gasteiger partial charge >= 0.3 is 5.97 Å². The number of carbonyl (C=O) groups is 1. The number of benzene rings is 3. The van der Waals surface area contributed by atoms with E-state index in [0.29, 0.717) is 10.7 Å². The van der Waals surface area contributed by atoms with E-state index in [0.717, 1.165) is 16.7 Å². The summed E-state index contributed by atoms with van der Waals surface area (Å²) in [6.45, 7) is 0. The molecule has 0 aliphatic rings. The van der Waals surface area contributed by atoms with Gasteiger partial charge in [-0.25, -0.2) is 4.79 Å². The van der Waals surface area contributed by atoms with Gasteiger partial charge in [0.15, 0.2) is 0 Å². The van der Waals surface area contributed by atoms with Crippen LogP contribution in [0.5, 0.6) is 5.88 Å². The molecule has 29 heavy (non-hydrogen) atoms. The Balaban J connectivity index is 1.48. The quantitative estimate of drug-likeness (QED) is 0.361. The maximum atomic E-state index is 12.3. The summed E-state index contributed by atoms with van der Waals surface area (Å²) in [6, 6.07) is 26.0. The highest BCUT2D eigenvalue weighted by atomic mass is 35.5. The summed E-state index contributed by atoms with van der Waals surface area (Å²) < 4.78 is 5.25. The molecule has 0 unspecified atom stereocenters. The van der Waals surface area contributed by atoms with E-state index in [4.69, 9.17) is 27.9 Å². The highest BCUT2D eigenvalue weighted by molar-refractivity contribution is 6.36. The van der Waals surface area contributed by atoms with E-state index in [9.17, 15) is 4.79 Å². The van der Waals surface area contributed by atoms with Gasteiger partial charge in [-0.1, -0.05) is 77.8 Å². The number of esters is 1. The molecule has 1 aromatic heterocycles. The molecule has 4 aromatic rings. The van der Waals surface area contributed by atoms with Crippen molar-refractivity contribution in [2.45, 2.75) is 0 Å². The van der Waals surface area contributed by atoms with Crippen LogP contribution in [0.25, 0.3) is 22.4 Å². The third-order valence-corrected chi connectivity index (χ3v) is 4.82. The van der Waals surface area contributed by atoms with Crippen LogP contribution in [0.3, 0.4) is 0 Å². The van der Waals surface area contributed by atoms with Crippen LogP contribution in [0.1, 0.15) is 10.4 Å². The fourth-order valence-electron chi connectivity index (χ4n) is 2.80. The lowest BCUT2D eigenvalue weighted by atomic mass is 10.0. The molecule has 0 amide bonds. The van der Waals surface area contributed by atoms with E-state index >= 15 is 0 Å². The molecule has 0 N–H and O–H groups in total. The Morgan fingerprint density at radius 3 is 2.07 bits per heavy atom. The number of aromatic nitrogens is 2. The molecule has 3 aromatic carbocycles. The molecular formula is C23H14Cl2N2O2. The van der Waals surface area contributed by atoms with Gasteiger partial charge < -0.3 is 4.74 Å². The van der Waals surface area contributed by atoms with Gasteiger partial charge in [-0.2, -0.15) is 0 Å². The molecule has 142 valence electrons. The van der Waals surface area contributed by atoms with Crippen LogP contribution in [0.2, 0.25) is 10.0 Å². The van der Waals surface area contributed by atoms with Gasteiger partial charge in [0, 0.05) is 16.7 Å². The zero-order chi connectivity index (χ0) is 20.2. The normalized spacial score (nSPS) is 10.6. The maximum absolute atomic E-state index is 12.3. The van der Waals surface area contributed by atoms with Crippen LogP contribution in [0, 0.1) is 0 Å². The lowest BCUT2D eigenvalue weighted by Crippen LogP contribution is -2.10. The van der Waals surface area contributed by atoms with Crippen molar-refractivity contribution in [3.05, 3.63) is 101 Å². The van der Waals surface area contributed by atoms with E-state index < -0.39 is 5.97 Å². The zero-order valence-corrected chi connectivity index (χ0v) is 16.6. The smallest absolute Gasteiger partial charge is 0.346 e. The number of carbonyl (C=O) groups excluding carboxylic acids is 1. The summed E-state index contributed by atoms with van der Waals surface area (Å²) in [7, 11) is 0. The Morgan fingerprint density at radius 2 is 1.41 bits per heavy atom. The highest BCUT2D eigenvalue weighted by Gasteiger charge is 2.14. The van der Waals surface area contributed by atoms with E-state index in [1.54, 1.807) is 18.2 Å². The van der Waals surface area contributed by atoms with Crippen molar-refractivity contribution >= 4 is 29.2 Å². The predicted molar refractivity (Wildman–Crippen MR) is 114 cm³/mol. The minimum Gasteiger partial charge on any atom is -0.402 e.